The summed E-state index contributed by atoms with van der Waals surface area (Å²) in [5.41, 5.74) is 4.84. The third kappa shape index (κ3) is 1.44. The number of hydrogen-bond donors (Lipinski definition) is 0. The van der Waals surface area contributed by atoms with Crippen LogP contribution in [0.25, 0.3) is 16.8 Å². The van der Waals surface area contributed by atoms with Crippen molar-refractivity contribution in [3.05, 3.63) is 54.5 Å². The maximum absolute atomic E-state index is 4.72. The summed E-state index contributed by atoms with van der Waals surface area (Å²) in [4.78, 5) is 4.20. The molecule has 3 heteroatoms. The molecule has 0 unspecified atom stereocenters. The molecule has 0 aliphatic heterocycles. The molecule has 88 valence electrons. The Morgan fingerprint density at radius 2 is 2.06 bits per heavy atom. The molecule has 3 heterocycles. The van der Waals surface area contributed by atoms with Crippen LogP contribution >= 0.6 is 0 Å². The molecule has 0 aromatic carbocycles. The summed E-state index contributed by atoms with van der Waals surface area (Å²) in [6, 6.07) is 10.3. The molecule has 1 saturated carbocycles. The highest BCUT2D eigenvalue weighted by atomic mass is 15.2. The Kier molecular flexibility index (Phi) is 2.00. The van der Waals surface area contributed by atoms with Crippen molar-refractivity contribution >= 4 is 5.52 Å². The van der Waals surface area contributed by atoms with Gasteiger partial charge >= 0.3 is 0 Å². The van der Waals surface area contributed by atoms with Crippen LogP contribution in [0.5, 0.6) is 0 Å². The molecule has 0 saturated heterocycles. The predicted molar refractivity (Wildman–Crippen MR) is 70.4 cm³/mol. The molecule has 0 atom stereocenters. The maximum Gasteiger partial charge on any atom is 0.0984 e. The molecule has 0 spiro atoms. The first-order chi connectivity index (χ1) is 8.93. The van der Waals surface area contributed by atoms with Crippen molar-refractivity contribution in [3.8, 4) is 11.3 Å². The summed E-state index contributed by atoms with van der Waals surface area (Å²) in [5, 5.41) is 4.72. The number of aromatic nitrogens is 3. The second-order valence-electron chi connectivity index (χ2n) is 4.81. The van der Waals surface area contributed by atoms with Crippen LogP contribution in [-0.2, 0) is 0 Å². The molecule has 1 aliphatic rings. The second-order valence-corrected chi connectivity index (χ2v) is 4.81. The lowest BCUT2D eigenvalue weighted by atomic mass is 10.0. The topological polar surface area (TPSA) is 30.2 Å². The lowest BCUT2D eigenvalue weighted by Crippen LogP contribution is -1.85. The van der Waals surface area contributed by atoms with E-state index in [4.69, 9.17) is 5.10 Å². The number of fused-ring (bicyclic) bond motifs is 1. The summed E-state index contributed by atoms with van der Waals surface area (Å²) in [5.74, 6) is 0.681. The summed E-state index contributed by atoms with van der Waals surface area (Å²) in [6.07, 6.45) is 8.28. The minimum atomic E-state index is 0.681. The van der Waals surface area contributed by atoms with Crippen LogP contribution in [-0.4, -0.2) is 14.6 Å². The van der Waals surface area contributed by atoms with Crippen LogP contribution < -0.4 is 0 Å². The van der Waals surface area contributed by atoms with E-state index in [1.807, 2.05) is 29.0 Å². The van der Waals surface area contributed by atoms with Gasteiger partial charge < -0.3 is 0 Å². The lowest BCUT2D eigenvalue weighted by Gasteiger charge is -2.00. The van der Waals surface area contributed by atoms with Crippen molar-refractivity contribution in [2.24, 2.45) is 0 Å². The average Bonchev–Trinajstić information content (AvgIpc) is 3.19. The van der Waals surface area contributed by atoms with E-state index >= 15 is 0 Å². The van der Waals surface area contributed by atoms with Crippen LogP contribution in [0.4, 0.5) is 0 Å². The predicted octanol–water partition coefficient (Wildman–Crippen LogP) is 3.27. The zero-order chi connectivity index (χ0) is 11.9. The van der Waals surface area contributed by atoms with E-state index in [1.54, 1.807) is 6.20 Å². The fourth-order valence-corrected chi connectivity index (χ4v) is 2.51. The van der Waals surface area contributed by atoms with Gasteiger partial charge in [0.2, 0.25) is 0 Å². The summed E-state index contributed by atoms with van der Waals surface area (Å²) < 4.78 is 1.98. The van der Waals surface area contributed by atoms with E-state index in [-0.39, 0.29) is 0 Å². The van der Waals surface area contributed by atoms with Gasteiger partial charge in [0.25, 0.3) is 0 Å². The van der Waals surface area contributed by atoms with Gasteiger partial charge in [-0.15, -0.1) is 0 Å². The van der Waals surface area contributed by atoms with E-state index in [9.17, 15) is 0 Å². The van der Waals surface area contributed by atoms with E-state index in [2.05, 4.69) is 23.2 Å². The van der Waals surface area contributed by atoms with E-state index < -0.39 is 0 Å². The highest BCUT2D eigenvalue weighted by Crippen LogP contribution is 2.46. The third-order valence-electron chi connectivity index (χ3n) is 3.50. The van der Waals surface area contributed by atoms with Gasteiger partial charge in [0.05, 0.1) is 11.2 Å². The van der Waals surface area contributed by atoms with Gasteiger partial charge in [-0.2, -0.15) is 5.10 Å². The first-order valence-electron chi connectivity index (χ1n) is 6.31. The van der Waals surface area contributed by atoms with Gasteiger partial charge in [-0.3, -0.25) is 4.98 Å². The standard InChI is InChI=1S/C15H13N3/c1-2-9-18-13(5-1)14(11-6-7-11)15(17-18)12-4-3-8-16-10-12/h1-5,8-11H,6-7H2. The Bertz CT molecular complexity index is 696. The molecule has 0 N–H and O–H groups in total. The molecule has 3 aromatic heterocycles. The highest BCUT2D eigenvalue weighted by molar-refractivity contribution is 5.74. The number of rotatable bonds is 2. The van der Waals surface area contributed by atoms with E-state index in [0.717, 1.165) is 11.3 Å². The Morgan fingerprint density at radius 3 is 2.83 bits per heavy atom. The molecule has 0 amide bonds. The first kappa shape index (κ1) is 9.83. The van der Waals surface area contributed by atoms with Gasteiger partial charge in [0, 0.05) is 29.7 Å². The van der Waals surface area contributed by atoms with E-state index in [1.165, 1.54) is 23.9 Å². The normalized spacial score (nSPS) is 15.1. The van der Waals surface area contributed by atoms with Gasteiger partial charge in [-0.1, -0.05) is 6.07 Å². The van der Waals surface area contributed by atoms with Crippen molar-refractivity contribution in [2.45, 2.75) is 18.8 Å². The SMILES string of the molecule is c1cncc(-c2nn3ccccc3c2C2CC2)c1. The Labute approximate surface area is 105 Å². The smallest absolute Gasteiger partial charge is 0.0984 e. The summed E-state index contributed by atoms with van der Waals surface area (Å²) in [7, 11) is 0. The minimum absolute atomic E-state index is 0.681. The average molecular weight is 235 g/mol. The van der Waals surface area contributed by atoms with Crippen LogP contribution in [0, 0.1) is 0 Å². The monoisotopic (exact) mass is 235 g/mol. The molecule has 0 bridgehead atoms. The van der Waals surface area contributed by atoms with Gasteiger partial charge in [0.15, 0.2) is 0 Å². The summed E-state index contributed by atoms with van der Waals surface area (Å²) in [6.45, 7) is 0. The zero-order valence-electron chi connectivity index (χ0n) is 9.95. The Hall–Kier alpha value is -2.16. The molecule has 18 heavy (non-hydrogen) atoms. The van der Waals surface area contributed by atoms with Crippen LogP contribution in [0.2, 0.25) is 0 Å². The largest absolute Gasteiger partial charge is 0.264 e. The van der Waals surface area contributed by atoms with Crippen molar-refractivity contribution in [2.75, 3.05) is 0 Å². The van der Waals surface area contributed by atoms with Crippen LogP contribution in [0.1, 0.15) is 24.3 Å². The summed E-state index contributed by atoms with van der Waals surface area (Å²) >= 11 is 0. The number of pyridine rings is 2. The first-order valence-corrected chi connectivity index (χ1v) is 6.31. The van der Waals surface area contributed by atoms with Gasteiger partial charge in [-0.25, -0.2) is 4.52 Å². The van der Waals surface area contributed by atoms with Gasteiger partial charge in [0.1, 0.15) is 0 Å². The molecule has 4 rings (SSSR count). The van der Waals surface area contributed by atoms with Crippen molar-refractivity contribution < 1.29 is 0 Å². The van der Waals surface area contributed by atoms with E-state index in [0.29, 0.717) is 5.92 Å². The Morgan fingerprint density at radius 1 is 1.11 bits per heavy atom. The highest BCUT2D eigenvalue weighted by Gasteiger charge is 2.30. The maximum atomic E-state index is 4.72. The molecule has 1 fully saturated rings. The molecule has 0 radical (unpaired) electrons. The number of nitrogens with zero attached hydrogens (tertiary/aromatic N) is 3. The Balaban J connectivity index is 2.02. The van der Waals surface area contributed by atoms with Crippen molar-refractivity contribution in [3.63, 3.8) is 0 Å². The second kappa shape index (κ2) is 3.67. The molecule has 3 aromatic rings. The fourth-order valence-electron chi connectivity index (χ4n) is 2.51. The number of hydrogen-bond acceptors (Lipinski definition) is 2. The van der Waals surface area contributed by atoms with Crippen molar-refractivity contribution in [1.29, 1.82) is 0 Å². The third-order valence-corrected chi connectivity index (χ3v) is 3.50. The quantitative estimate of drug-likeness (QED) is 0.682. The molecule has 3 nitrogen and oxygen atoms in total. The van der Waals surface area contributed by atoms with Gasteiger partial charge in [-0.05, 0) is 43.0 Å². The lowest BCUT2D eigenvalue weighted by molar-refractivity contribution is 0.965. The van der Waals surface area contributed by atoms with Crippen molar-refractivity contribution in [1.82, 2.24) is 14.6 Å². The van der Waals surface area contributed by atoms with Crippen LogP contribution in [0.15, 0.2) is 48.9 Å². The minimum Gasteiger partial charge on any atom is -0.264 e. The fraction of sp³-hybridized carbons (Fsp3) is 0.200. The molecular weight excluding hydrogens is 222 g/mol. The molecule has 1 aliphatic carbocycles. The van der Waals surface area contributed by atoms with Crippen LogP contribution in [0.3, 0.4) is 0 Å². The molecular formula is C15H13N3. The zero-order valence-corrected chi connectivity index (χ0v) is 9.95.